The first-order valence-electron chi connectivity index (χ1n) is 5.74. The number of aliphatic hydroxyl groups excluding tert-OH is 1. The van der Waals surface area contributed by atoms with Crippen LogP contribution >= 0.6 is 15.9 Å². The number of hydrogen-bond donors (Lipinski definition) is 2. The molecule has 0 aliphatic carbocycles. The molecular formula is C12H15BrN4O. The van der Waals surface area contributed by atoms with E-state index >= 15 is 0 Å². The van der Waals surface area contributed by atoms with Crippen LogP contribution in [0, 0.1) is 0 Å². The predicted octanol–water partition coefficient (Wildman–Crippen LogP) is 1.36. The highest BCUT2D eigenvalue weighted by atomic mass is 79.9. The Morgan fingerprint density at radius 2 is 2.33 bits per heavy atom. The molecule has 2 rings (SSSR count). The summed E-state index contributed by atoms with van der Waals surface area (Å²) in [6.45, 7) is 2.00. The fourth-order valence-electron chi connectivity index (χ4n) is 1.62. The van der Waals surface area contributed by atoms with Gasteiger partial charge in [0, 0.05) is 23.8 Å². The molecule has 0 amide bonds. The predicted molar refractivity (Wildman–Crippen MR) is 72.0 cm³/mol. The second kappa shape index (κ2) is 6.63. The van der Waals surface area contributed by atoms with Crippen LogP contribution in [0.3, 0.4) is 0 Å². The highest BCUT2D eigenvalue weighted by molar-refractivity contribution is 9.10. The van der Waals surface area contributed by atoms with Gasteiger partial charge in [0.05, 0.1) is 18.8 Å². The van der Waals surface area contributed by atoms with E-state index in [-0.39, 0.29) is 0 Å². The van der Waals surface area contributed by atoms with Crippen molar-refractivity contribution in [3.8, 4) is 0 Å². The molecule has 6 heteroatoms. The molecule has 96 valence electrons. The van der Waals surface area contributed by atoms with Crippen molar-refractivity contribution in [2.24, 2.45) is 0 Å². The molecule has 0 radical (unpaired) electrons. The van der Waals surface area contributed by atoms with Crippen LogP contribution in [-0.4, -0.2) is 33.2 Å². The number of rotatable bonds is 6. The maximum atomic E-state index is 9.98. The van der Waals surface area contributed by atoms with Crippen LogP contribution in [0.4, 0.5) is 0 Å². The van der Waals surface area contributed by atoms with Crippen molar-refractivity contribution in [2.75, 3.05) is 13.1 Å². The van der Waals surface area contributed by atoms with E-state index in [9.17, 15) is 5.11 Å². The molecular weight excluding hydrogens is 296 g/mol. The van der Waals surface area contributed by atoms with E-state index in [4.69, 9.17) is 0 Å². The minimum Gasteiger partial charge on any atom is -0.387 e. The molecule has 1 heterocycles. The number of nitrogens with zero attached hydrogens (tertiary/aromatic N) is 3. The van der Waals surface area contributed by atoms with Crippen molar-refractivity contribution in [3.05, 3.63) is 46.7 Å². The summed E-state index contributed by atoms with van der Waals surface area (Å²) in [5.41, 5.74) is 0.901. The topological polar surface area (TPSA) is 63.0 Å². The average Bonchev–Trinajstić information content (AvgIpc) is 2.87. The quantitative estimate of drug-likeness (QED) is 0.791. The number of aromatic nitrogens is 3. The summed E-state index contributed by atoms with van der Waals surface area (Å²) in [5, 5.41) is 20.8. The third-order valence-corrected chi connectivity index (χ3v) is 3.05. The van der Waals surface area contributed by atoms with Gasteiger partial charge in [0.25, 0.3) is 0 Å². The lowest BCUT2D eigenvalue weighted by Gasteiger charge is -2.12. The lowest BCUT2D eigenvalue weighted by atomic mass is 10.1. The number of halogens is 1. The van der Waals surface area contributed by atoms with Crippen LogP contribution in [0.5, 0.6) is 0 Å². The van der Waals surface area contributed by atoms with E-state index < -0.39 is 6.10 Å². The first-order chi connectivity index (χ1) is 8.75. The molecule has 0 aliphatic heterocycles. The maximum absolute atomic E-state index is 9.98. The highest BCUT2D eigenvalue weighted by Crippen LogP contribution is 2.17. The largest absolute Gasteiger partial charge is 0.387 e. The second-order valence-electron chi connectivity index (χ2n) is 3.94. The first kappa shape index (κ1) is 13.2. The Labute approximate surface area is 114 Å². The van der Waals surface area contributed by atoms with Gasteiger partial charge in [-0.1, -0.05) is 33.3 Å². The van der Waals surface area contributed by atoms with E-state index in [1.807, 2.05) is 30.5 Å². The molecule has 2 aromatic rings. The molecule has 1 aromatic heterocycles. The normalized spacial score (nSPS) is 12.6. The zero-order chi connectivity index (χ0) is 12.8. The third kappa shape index (κ3) is 3.90. The fraction of sp³-hybridized carbons (Fsp3) is 0.333. The van der Waals surface area contributed by atoms with E-state index in [2.05, 4.69) is 31.6 Å². The Bertz CT molecular complexity index is 475. The standard InChI is InChI=1S/C12H15BrN4O/c13-11-3-1-2-10(8-11)12(18)9-14-4-6-17-7-5-15-16-17/h1-3,5,7-8,12,14,18H,4,6,9H2. The molecule has 18 heavy (non-hydrogen) atoms. The van der Waals surface area contributed by atoms with Gasteiger partial charge in [-0.05, 0) is 17.7 Å². The molecule has 1 aromatic carbocycles. The van der Waals surface area contributed by atoms with Gasteiger partial charge < -0.3 is 10.4 Å². The molecule has 2 N–H and O–H groups in total. The van der Waals surface area contributed by atoms with Crippen molar-refractivity contribution in [2.45, 2.75) is 12.6 Å². The number of benzene rings is 1. The highest BCUT2D eigenvalue weighted by Gasteiger charge is 2.06. The van der Waals surface area contributed by atoms with Crippen LogP contribution < -0.4 is 5.32 Å². The summed E-state index contributed by atoms with van der Waals surface area (Å²) >= 11 is 3.39. The molecule has 0 spiro atoms. The molecule has 0 aliphatic rings. The SMILES string of the molecule is OC(CNCCn1ccnn1)c1cccc(Br)c1. The molecule has 0 bridgehead atoms. The molecule has 1 unspecified atom stereocenters. The zero-order valence-corrected chi connectivity index (χ0v) is 11.4. The summed E-state index contributed by atoms with van der Waals surface area (Å²) in [6.07, 6.45) is 2.96. The van der Waals surface area contributed by atoms with Crippen molar-refractivity contribution < 1.29 is 5.11 Å². The van der Waals surface area contributed by atoms with Crippen LogP contribution in [0.2, 0.25) is 0 Å². The number of hydrogen-bond acceptors (Lipinski definition) is 4. The van der Waals surface area contributed by atoms with Gasteiger partial charge in [-0.15, -0.1) is 5.10 Å². The molecule has 0 fully saturated rings. The van der Waals surface area contributed by atoms with Gasteiger partial charge >= 0.3 is 0 Å². The van der Waals surface area contributed by atoms with Crippen LogP contribution in [-0.2, 0) is 6.54 Å². The lowest BCUT2D eigenvalue weighted by Crippen LogP contribution is -2.25. The maximum Gasteiger partial charge on any atom is 0.0914 e. The van der Waals surface area contributed by atoms with Gasteiger partial charge in [-0.3, -0.25) is 4.68 Å². The van der Waals surface area contributed by atoms with Crippen molar-refractivity contribution >= 4 is 15.9 Å². The van der Waals surface area contributed by atoms with Gasteiger partial charge in [0.1, 0.15) is 0 Å². The Morgan fingerprint density at radius 1 is 1.44 bits per heavy atom. The Morgan fingerprint density at radius 3 is 3.06 bits per heavy atom. The average molecular weight is 311 g/mol. The van der Waals surface area contributed by atoms with Gasteiger partial charge in [-0.25, -0.2) is 0 Å². The van der Waals surface area contributed by atoms with Crippen molar-refractivity contribution in [1.29, 1.82) is 0 Å². The smallest absolute Gasteiger partial charge is 0.0914 e. The zero-order valence-electron chi connectivity index (χ0n) is 9.83. The first-order valence-corrected chi connectivity index (χ1v) is 6.53. The summed E-state index contributed by atoms with van der Waals surface area (Å²) < 4.78 is 2.72. The molecule has 0 saturated heterocycles. The van der Waals surface area contributed by atoms with Gasteiger partial charge in [0.15, 0.2) is 0 Å². The van der Waals surface area contributed by atoms with E-state index in [0.29, 0.717) is 6.54 Å². The Balaban J connectivity index is 1.73. The van der Waals surface area contributed by atoms with E-state index in [1.54, 1.807) is 10.9 Å². The van der Waals surface area contributed by atoms with Crippen molar-refractivity contribution in [3.63, 3.8) is 0 Å². The second-order valence-corrected chi connectivity index (χ2v) is 4.86. The Hall–Kier alpha value is -1.24. The monoisotopic (exact) mass is 310 g/mol. The van der Waals surface area contributed by atoms with Crippen LogP contribution in [0.15, 0.2) is 41.1 Å². The van der Waals surface area contributed by atoms with E-state index in [1.165, 1.54) is 0 Å². The summed E-state index contributed by atoms with van der Waals surface area (Å²) in [6, 6.07) is 7.69. The summed E-state index contributed by atoms with van der Waals surface area (Å²) in [5.74, 6) is 0. The molecule has 5 nitrogen and oxygen atoms in total. The molecule has 0 saturated carbocycles. The van der Waals surface area contributed by atoms with E-state index in [0.717, 1.165) is 23.1 Å². The number of nitrogens with one attached hydrogen (secondary N) is 1. The minimum absolute atomic E-state index is 0.502. The van der Waals surface area contributed by atoms with Gasteiger partial charge in [-0.2, -0.15) is 0 Å². The minimum atomic E-state index is -0.502. The lowest BCUT2D eigenvalue weighted by molar-refractivity contribution is 0.174. The Kier molecular flexibility index (Phi) is 4.86. The van der Waals surface area contributed by atoms with Gasteiger partial charge in [0.2, 0.25) is 0 Å². The summed E-state index contributed by atoms with van der Waals surface area (Å²) in [4.78, 5) is 0. The van der Waals surface area contributed by atoms with Crippen LogP contribution in [0.1, 0.15) is 11.7 Å². The van der Waals surface area contributed by atoms with Crippen LogP contribution in [0.25, 0.3) is 0 Å². The summed E-state index contributed by atoms with van der Waals surface area (Å²) in [7, 11) is 0. The third-order valence-electron chi connectivity index (χ3n) is 2.56. The van der Waals surface area contributed by atoms with Crippen molar-refractivity contribution in [1.82, 2.24) is 20.3 Å². The fourth-order valence-corrected chi connectivity index (χ4v) is 2.03. The number of aliphatic hydroxyl groups is 1. The molecule has 1 atom stereocenters.